The van der Waals surface area contributed by atoms with E-state index in [-0.39, 0.29) is 5.91 Å². The van der Waals surface area contributed by atoms with E-state index in [0.717, 1.165) is 25.1 Å². The highest BCUT2D eigenvalue weighted by Crippen LogP contribution is 2.28. The number of hydrogen-bond donors (Lipinski definition) is 0. The second kappa shape index (κ2) is 6.99. The maximum Gasteiger partial charge on any atom is 0.223 e. The van der Waals surface area contributed by atoms with Gasteiger partial charge in [0.2, 0.25) is 5.91 Å². The van der Waals surface area contributed by atoms with Crippen LogP contribution in [0.5, 0.6) is 11.5 Å². The molecule has 0 bridgehead atoms. The molecule has 1 aromatic carbocycles. The van der Waals surface area contributed by atoms with Crippen LogP contribution in [0.3, 0.4) is 0 Å². The number of fused-ring (bicyclic) bond motifs is 1. The predicted octanol–water partition coefficient (Wildman–Crippen LogP) is 2.56. The molecule has 0 aliphatic carbocycles. The summed E-state index contributed by atoms with van der Waals surface area (Å²) < 4.78 is 12.7. The van der Waals surface area contributed by atoms with Gasteiger partial charge in [0.05, 0.1) is 14.2 Å². The quantitative estimate of drug-likeness (QED) is 0.847. The molecule has 24 heavy (non-hydrogen) atoms. The van der Waals surface area contributed by atoms with Crippen molar-refractivity contribution in [1.82, 2.24) is 9.47 Å². The molecule has 1 aliphatic rings. The average molecular weight is 328 g/mol. The Hall–Kier alpha value is -2.43. The SMILES string of the molecule is COc1ccc(CCC(=O)N2CCc3c(ccn3C)C2)cc1OC. The van der Waals surface area contributed by atoms with E-state index >= 15 is 0 Å². The number of aryl methyl sites for hydroxylation is 2. The molecule has 3 rings (SSSR count). The van der Waals surface area contributed by atoms with Crippen molar-refractivity contribution >= 4 is 5.91 Å². The number of benzene rings is 1. The molecular weight excluding hydrogens is 304 g/mol. The summed E-state index contributed by atoms with van der Waals surface area (Å²) in [5.74, 6) is 1.62. The summed E-state index contributed by atoms with van der Waals surface area (Å²) >= 11 is 0. The van der Waals surface area contributed by atoms with E-state index < -0.39 is 0 Å². The Kier molecular flexibility index (Phi) is 4.79. The van der Waals surface area contributed by atoms with Crippen molar-refractivity contribution in [3.8, 4) is 11.5 Å². The minimum absolute atomic E-state index is 0.208. The smallest absolute Gasteiger partial charge is 0.223 e. The monoisotopic (exact) mass is 328 g/mol. The number of carbonyl (C=O) groups is 1. The molecule has 5 heteroatoms. The first-order chi connectivity index (χ1) is 11.6. The molecule has 0 N–H and O–H groups in total. The molecule has 0 unspecified atom stereocenters. The zero-order valence-electron chi connectivity index (χ0n) is 14.5. The molecule has 1 aliphatic heterocycles. The van der Waals surface area contributed by atoms with Crippen LogP contribution in [0.1, 0.15) is 23.2 Å². The lowest BCUT2D eigenvalue weighted by Crippen LogP contribution is -2.36. The van der Waals surface area contributed by atoms with Gasteiger partial charge in [-0.15, -0.1) is 0 Å². The van der Waals surface area contributed by atoms with Crippen molar-refractivity contribution in [1.29, 1.82) is 0 Å². The van der Waals surface area contributed by atoms with E-state index in [1.54, 1.807) is 14.2 Å². The Bertz CT molecular complexity index is 736. The number of nitrogens with zero attached hydrogens (tertiary/aromatic N) is 2. The van der Waals surface area contributed by atoms with Gasteiger partial charge in [0.15, 0.2) is 11.5 Å². The lowest BCUT2D eigenvalue weighted by molar-refractivity contribution is -0.132. The molecule has 5 nitrogen and oxygen atoms in total. The zero-order chi connectivity index (χ0) is 17.1. The summed E-state index contributed by atoms with van der Waals surface area (Å²) in [5.41, 5.74) is 3.69. The zero-order valence-corrected chi connectivity index (χ0v) is 14.5. The van der Waals surface area contributed by atoms with Crippen molar-refractivity contribution < 1.29 is 14.3 Å². The number of ether oxygens (including phenoxy) is 2. The summed E-state index contributed by atoms with van der Waals surface area (Å²) in [6.45, 7) is 1.52. The van der Waals surface area contributed by atoms with Gasteiger partial charge in [-0.2, -0.15) is 0 Å². The first kappa shape index (κ1) is 16.4. The first-order valence-electron chi connectivity index (χ1n) is 8.24. The summed E-state index contributed by atoms with van der Waals surface area (Å²) in [4.78, 5) is 14.5. The van der Waals surface area contributed by atoms with Crippen LogP contribution >= 0.6 is 0 Å². The second-order valence-corrected chi connectivity index (χ2v) is 6.15. The standard InChI is InChI=1S/C19H24N2O3/c1-20-10-8-15-13-21(11-9-16(15)20)19(22)7-5-14-4-6-17(23-2)18(12-14)24-3/h4,6,8,10,12H,5,7,9,11,13H2,1-3H3. The molecule has 0 radical (unpaired) electrons. The van der Waals surface area contributed by atoms with E-state index in [0.29, 0.717) is 24.3 Å². The van der Waals surface area contributed by atoms with Crippen molar-refractivity contribution in [2.45, 2.75) is 25.8 Å². The van der Waals surface area contributed by atoms with Gasteiger partial charge in [-0.3, -0.25) is 4.79 Å². The van der Waals surface area contributed by atoms with Crippen LogP contribution in [-0.4, -0.2) is 36.1 Å². The third-order valence-corrected chi connectivity index (χ3v) is 4.70. The third-order valence-electron chi connectivity index (χ3n) is 4.70. The van der Waals surface area contributed by atoms with Crippen LogP contribution < -0.4 is 9.47 Å². The Morgan fingerprint density at radius 3 is 2.71 bits per heavy atom. The maximum absolute atomic E-state index is 12.5. The molecule has 0 saturated carbocycles. The molecule has 2 heterocycles. The van der Waals surface area contributed by atoms with Gasteiger partial charge in [0.1, 0.15) is 0 Å². The fourth-order valence-electron chi connectivity index (χ4n) is 3.28. The van der Waals surface area contributed by atoms with Crippen LogP contribution in [0.25, 0.3) is 0 Å². The summed E-state index contributed by atoms with van der Waals surface area (Å²) in [7, 11) is 5.31. The highest BCUT2D eigenvalue weighted by Gasteiger charge is 2.22. The van der Waals surface area contributed by atoms with E-state index in [4.69, 9.17) is 9.47 Å². The van der Waals surface area contributed by atoms with Crippen LogP contribution in [0, 0.1) is 0 Å². The van der Waals surface area contributed by atoms with Crippen LogP contribution in [0.2, 0.25) is 0 Å². The number of methoxy groups -OCH3 is 2. The number of hydrogen-bond acceptors (Lipinski definition) is 3. The molecule has 0 atom stereocenters. The van der Waals surface area contributed by atoms with Gasteiger partial charge < -0.3 is 18.9 Å². The van der Waals surface area contributed by atoms with E-state index in [2.05, 4.69) is 23.9 Å². The second-order valence-electron chi connectivity index (χ2n) is 6.15. The highest BCUT2D eigenvalue weighted by atomic mass is 16.5. The summed E-state index contributed by atoms with van der Waals surface area (Å²) in [5, 5.41) is 0. The largest absolute Gasteiger partial charge is 0.493 e. The van der Waals surface area contributed by atoms with Crippen molar-refractivity contribution in [3.63, 3.8) is 0 Å². The Morgan fingerprint density at radius 1 is 1.17 bits per heavy atom. The fourth-order valence-corrected chi connectivity index (χ4v) is 3.28. The first-order valence-corrected chi connectivity index (χ1v) is 8.24. The van der Waals surface area contributed by atoms with Crippen molar-refractivity contribution in [2.75, 3.05) is 20.8 Å². The number of carbonyl (C=O) groups excluding carboxylic acids is 1. The van der Waals surface area contributed by atoms with Gasteiger partial charge in [-0.05, 0) is 35.7 Å². The Morgan fingerprint density at radius 2 is 1.96 bits per heavy atom. The predicted molar refractivity (Wildman–Crippen MR) is 92.4 cm³/mol. The van der Waals surface area contributed by atoms with Crippen LogP contribution in [-0.2, 0) is 31.2 Å². The molecule has 0 spiro atoms. The van der Waals surface area contributed by atoms with Gasteiger partial charge in [-0.25, -0.2) is 0 Å². The molecule has 128 valence electrons. The van der Waals surface area contributed by atoms with Crippen molar-refractivity contribution in [3.05, 3.63) is 47.3 Å². The number of aromatic nitrogens is 1. The van der Waals surface area contributed by atoms with Crippen molar-refractivity contribution in [2.24, 2.45) is 7.05 Å². The molecule has 2 aromatic rings. The highest BCUT2D eigenvalue weighted by molar-refractivity contribution is 5.76. The number of rotatable bonds is 5. The molecular formula is C19H24N2O3. The lowest BCUT2D eigenvalue weighted by Gasteiger charge is -2.28. The van der Waals surface area contributed by atoms with Gasteiger partial charge >= 0.3 is 0 Å². The molecule has 0 saturated heterocycles. The summed E-state index contributed by atoms with van der Waals surface area (Å²) in [6, 6.07) is 7.93. The van der Waals surface area contributed by atoms with Gasteiger partial charge in [0, 0.05) is 44.9 Å². The maximum atomic E-state index is 12.5. The molecule has 0 fully saturated rings. The molecule has 1 aromatic heterocycles. The fraction of sp³-hybridized carbons (Fsp3) is 0.421. The average Bonchev–Trinajstić information content (AvgIpc) is 2.99. The lowest BCUT2D eigenvalue weighted by atomic mass is 10.1. The molecule has 1 amide bonds. The normalized spacial score (nSPS) is 13.5. The van der Waals surface area contributed by atoms with E-state index in [1.165, 1.54) is 11.3 Å². The third kappa shape index (κ3) is 3.25. The minimum Gasteiger partial charge on any atom is -0.493 e. The Balaban J connectivity index is 1.60. The summed E-state index contributed by atoms with van der Waals surface area (Å²) in [6.07, 6.45) is 4.22. The Labute approximate surface area is 142 Å². The number of amides is 1. The van der Waals surface area contributed by atoms with Crippen LogP contribution in [0.4, 0.5) is 0 Å². The van der Waals surface area contributed by atoms with E-state index in [9.17, 15) is 4.79 Å². The topological polar surface area (TPSA) is 43.7 Å². The van der Waals surface area contributed by atoms with Gasteiger partial charge in [-0.1, -0.05) is 6.07 Å². The van der Waals surface area contributed by atoms with E-state index in [1.807, 2.05) is 23.1 Å². The minimum atomic E-state index is 0.208. The van der Waals surface area contributed by atoms with Gasteiger partial charge in [0.25, 0.3) is 0 Å². The van der Waals surface area contributed by atoms with Crippen LogP contribution in [0.15, 0.2) is 30.5 Å².